The van der Waals surface area contributed by atoms with Crippen LogP contribution in [-0.2, 0) is 4.79 Å². The number of amides is 2. The molecule has 2 amide bonds. The van der Waals surface area contributed by atoms with E-state index in [1.807, 2.05) is 13.8 Å². The van der Waals surface area contributed by atoms with Gasteiger partial charge in [0.2, 0.25) is 0 Å². The molecule has 0 aromatic rings. The minimum atomic E-state index is -1.03. The average molecular weight is 214 g/mol. The van der Waals surface area contributed by atoms with Gasteiger partial charge in [-0.15, -0.1) is 0 Å². The zero-order valence-electron chi connectivity index (χ0n) is 9.33. The molecule has 86 valence electrons. The molecule has 0 aromatic heterocycles. The number of carbonyl (C=O) groups is 2. The van der Waals surface area contributed by atoms with Crippen LogP contribution in [0.3, 0.4) is 0 Å². The molecule has 5 heteroatoms. The highest BCUT2D eigenvalue weighted by Gasteiger charge is 2.38. The first kappa shape index (κ1) is 11.8. The van der Waals surface area contributed by atoms with Crippen molar-refractivity contribution >= 4 is 12.0 Å². The Morgan fingerprint density at radius 1 is 1.40 bits per heavy atom. The SMILES string of the molecule is C[C@@H](NC(=O)NC(C)(C)C1CC1)C(=O)O. The monoisotopic (exact) mass is 214 g/mol. The fraction of sp³-hybridized carbons (Fsp3) is 0.800. The predicted molar refractivity (Wildman–Crippen MR) is 55.6 cm³/mol. The van der Waals surface area contributed by atoms with E-state index in [-0.39, 0.29) is 5.54 Å². The minimum Gasteiger partial charge on any atom is -0.480 e. The molecule has 5 nitrogen and oxygen atoms in total. The lowest BCUT2D eigenvalue weighted by Gasteiger charge is -2.26. The van der Waals surface area contributed by atoms with E-state index in [2.05, 4.69) is 10.6 Å². The van der Waals surface area contributed by atoms with Crippen molar-refractivity contribution in [3.8, 4) is 0 Å². The van der Waals surface area contributed by atoms with Crippen LogP contribution in [0.2, 0.25) is 0 Å². The Labute approximate surface area is 89.2 Å². The Kier molecular flexibility index (Phi) is 3.21. The van der Waals surface area contributed by atoms with Crippen LogP contribution in [0.1, 0.15) is 33.6 Å². The number of carboxylic acid groups (broad SMARTS) is 1. The van der Waals surface area contributed by atoms with Gasteiger partial charge in [-0.3, -0.25) is 4.79 Å². The van der Waals surface area contributed by atoms with Gasteiger partial charge in [0.25, 0.3) is 0 Å². The van der Waals surface area contributed by atoms with Gasteiger partial charge < -0.3 is 15.7 Å². The van der Waals surface area contributed by atoms with E-state index >= 15 is 0 Å². The first-order chi connectivity index (χ1) is 6.83. The third-order valence-electron chi connectivity index (χ3n) is 2.75. The fourth-order valence-corrected chi connectivity index (χ4v) is 1.49. The maximum atomic E-state index is 11.4. The molecule has 1 atom stereocenters. The maximum Gasteiger partial charge on any atom is 0.325 e. The second kappa shape index (κ2) is 4.08. The van der Waals surface area contributed by atoms with Crippen LogP contribution in [0.4, 0.5) is 4.79 Å². The fourth-order valence-electron chi connectivity index (χ4n) is 1.49. The van der Waals surface area contributed by atoms with Crippen molar-refractivity contribution in [1.82, 2.24) is 10.6 Å². The molecule has 0 spiro atoms. The topological polar surface area (TPSA) is 78.4 Å². The van der Waals surface area contributed by atoms with Gasteiger partial charge in [-0.05, 0) is 39.5 Å². The molecule has 1 aliphatic rings. The molecule has 0 unspecified atom stereocenters. The lowest BCUT2D eigenvalue weighted by Crippen LogP contribution is -2.52. The van der Waals surface area contributed by atoms with Gasteiger partial charge in [0.1, 0.15) is 6.04 Å². The Bertz CT molecular complexity index is 272. The largest absolute Gasteiger partial charge is 0.480 e. The summed E-state index contributed by atoms with van der Waals surface area (Å²) in [5, 5.41) is 13.8. The number of aliphatic carboxylic acids is 1. The van der Waals surface area contributed by atoms with E-state index in [0.29, 0.717) is 5.92 Å². The summed E-state index contributed by atoms with van der Waals surface area (Å²) >= 11 is 0. The molecular weight excluding hydrogens is 196 g/mol. The highest BCUT2D eigenvalue weighted by molar-refractivity contribution is 5.82. The lowest BCUT2D eigenvalue weighted by molar-refractivity contribution is -0.138. The molecule has 0 saturated heterocycles. The lowest BCUT2D eigenvalue weighted by atomic mass is 9.99. The third kappa shape index (κ3) is 3.42. The van der Waals surface area contributed by atoms with Crippen molar-refractivity contribution < 1.29 is 14.7 Å². The number of hydrogen-bond donors (Lipinski definition) is 3. The van der Waals surface area contributed by atoms with Crippen LogP contribution >= 0.6 is 0 Å². The molecular formula is C10H18N2O3. The standard InChI is InChI=1S/C10H18N2O3/c1-6(8(13)14)11-9(15)12-10(2,3)7-4-5-7/h6-7H,4-5H2,1-3H3,(H,13,14)(H2,11,12,15)/t6-/m1/s1. The number of urea groups is 1. The summed E-state index contributed by atoms with van der Waals surface area (Å²) in [5.74, 6) is -0.516. The van der Waals surface area contributed by atoms with Crippen LogP contribution < -0.4 is 10.6 Å². The minimum absolute atomic E-state index is 0.248. The quantitative estimate of drug-likeness (QED) is 0.652. The van der Waals surface area contributed by atoms with Gasteiger partial charge in [0.05, 0.1) is 0 Å². The zero-order chi connectivity index (χ0) is 11.6. The number of carbonyl (C=O) groups excluding carboxylic acids is 1. The summed E-state index contributed by atoms with van der Waals surface area (Å²) in [7, 11) is 0. The molecule has 1 aliphatic carbocycles. The number of rotatable bonds is 4. The van der Waals surface area contributed by atoms with Crippen molar-refractivity contribution in [3.05, 3.63) is 0 Å². The smallest absolute Gasteiger partial charge is 0.325 e. The van der Waals surface area contributed by atoms with Crippen molar-refractivity contribution in [2.24, 2.45) is 5.92 Å². The second-order valence-corrected chi connectivity index (χ2v) is 4.65. The van der Waals surface area contributed by atoms with Gasteiger partial charge in [0, 0.05) is 5.54 Å². The maximum absolute atomic E-state index is 11.4. The summed E-state index contributed by atoms with van der Waals surface area (Å²) in [4.78, 5) is 21.9. The molecule has 1 saturated carbocycles. The first-order valence-corrected chi connectivity index (χ1v) is 5.14. The molecule has 3 N–H and O–H groups in total. The summed E-state index contributed by atoms with van der Waals surface area (Å²) < 4.78 is 0. The number of hydrogen-bond acceptors (Lipinski definition) is 2. The third-order valence-corrected chi connectivity index (χ3v) is 2.75. The average Bonchev–Trinajstić information content (AvgIpc) is 2.83. The van der Waals surface area contributed by atoms with E-state index in [4.69, 9.17) is 5.11 Å². The van der Waals surface area contributed by atoms with E-state index in [0.717, 1.165) is 12.8 Å². The Balaban J connectivity index is 2.38. The molecule has 0 radical (unpaired) electrons. The Hall–Kier alpha value is -1.26. The summed E-state index contributed by atoms with van der Waals surface area (Å²) in [6.45, 7) is 5.34. The van der Waals surface area contributed by atoms with Gasteiger partial charge in [-0.1, -0.05) is 0 Å². The molecule has 0 heterocycles. The van der Waals surface area contributed by atoms with Crippen LogP contribution in [0.25, 0.3) is 0 Å². The van der Waals surface area contributed by atoms with E-state index in [1.165, 1.54) is 6.92 Å². The highest BCUT2D eigenvalue weighted by atomic mass is 16.4. The molecule has 0 aliphatic heterocycles. The van der Waals surface area contributed by atoms with E-state index in [9.17, 15) is 9.59 Å². The first-order valence-electron chi connectivity index (χ1n) is 5.14. The molecule has 0 bridgehead atoms. The van der Waals surface area contributed by atoms with Crippen molar-refractivity contribution in [1.29, 1.82) is 0 Å². The van der Waals surface area contributed by atoms with E-state index < -0.39 is 18.0 Å². The predicted octanol–water partition coefficient (Wildman–Crippen LogP) is 0.947. The molecule has 0 aromatic carbocycles. The van der Waals surface area contributed by atoms with Crippen LogP contribution in [0.5, 0.6) is 0 Å². The van der Waals surface area contributed by atoms with Gasteiger partial charge >= 0.3 is 12.0 Å². The van der Waals surface area contributed by atoms with Gasteiger partial charge in [0.15, 0.2) is 0 Å². The van der Waals surface area contributed by atoms with Crippen LogP contribution in [0, 0.1) is 5.92 Å². The van der Waals surface area contributed by atoms with Crippen LogP contribution in [0.15, 0.2) is 0 Å². The number of nitrogens with one attached hydrogen (secondary N) is 2. The normalized spacial score (nSPS) is 18.1. The van der Waals surface area contributed by atoms with E-state index in [1.54, 1.807) is 0 Å². The zero-order valence-corrected chi connectivity index (χ0v) is 9.33. The van der Waals surface area contributed by atoms with Crippen LogP contribution in [-0.4, -0.2) is 28.7 Å². The van der Waals surface area contributed by atoms with Gasteiger partial charge in [-0.2, -0.15) is 0 Å². The number of carboxylic acids is 1. The van der Waals surface area contributed by atoms with Crippen molar-refractivity contribution in [3.63, 3.8) is 0 Å². The molecule has 1 rings (SSSR count). The second-order valence-electron chi connectivity index (χ2n) is 4.65. The van der Waals surface area contributed by atoms with Gasteiger partial charge in [-0.25, -0.2) is 4.79 Å². The highest BCUT2D eigenvalue weighted by Crippen LogP contribution is 2.39. The molecule has 15 heavy (non-hydrogen) atoms. The Morgan fingerprint density at radius 3 is 2.33 bits per heavy atom. The summed E-state index contributed by atoms with van der Waals surface area (Å²) in [6.07, 6.45) is 2.25. The molecule has 1 fully saturated rings. The Morgan fingerprint density at radius 2 is 1.93 bits per heavy atom. The summed E-state index contributed by atoms with van der Waals surface area (Å²) in [5.41, 5.74) is -0.248. The van der Waals surface area contributed by atoms with Crippen molar-refractivity contribution in [2.75, 3.05) is 0 Å². The van der Waals surface area contributed by atoms with Crippen molar-refractivity contribution in [2.45, 2.75) is 45.2 Å². The summed E-state index contributed by atoms with van der Waals surface area (Å²) in [6, 6.07) is -1.28.